The first kappa shape index (κ1) is 15.3. The van der Waals surface area contributed by atoms with Gasteiger partial charge in [0.1, 0.15) is 5.15 Å². The van der Waals surface area contributed by atoms with Gasteiger partial charge in [0.05, 0.1) is 5.56 Å². The molecule has 5 heteroatoms. The van der Waals surface area contributed by atoms with E-state index in [1.807, 2.05) is 24.3 Å². The van der Waals surface area contributed by atoms with Gasteiger partial charge in [-0.1, -0.05) is 11.6 Å². The fourth-order valence-electron chi connectivity index (χ4n) is 2.06. The number of amides is 1. The fourth-order valence-corrected chi connectivity index (χ4v) is 2.17. The van der Waals surface area contributed by atoms with E-state index in [-0.39, 0.29) is 5.91 Å². The molecule has 0 atom stereocenters. The zero-order chi connectivity index (χ0) is 15.2. The number of nitrogens with one attached hydrogen (secondary N) is 1. The summed E-state index contributed by atoms with van der Waals surface area (Å²) in [5.74, 6) is -0.199. The molecule has 2 aromatic rings. The van der Waals surface area contributed by atoms with Crippen LogP contribution in [0.4, 0.5) is 11.4 Å². The van der Waals surface area contributed by atoms with Gasteiger partial charge in [-0.2, -0.15) is 0 Å². The number of anilines is 2. The predicted molar refractivity (Wildman–Crippen MR) is 87.2 cm³/mol. The molecule has 1 aromatic carbocycles. The highest BCUT2D eigenvalue weighted by molar-refractivity contribution is 6.29. The monoisotopic (exact) mass is 303 g/mol. The third-order valence-corrected chi connectivity index (χ3v) is 3.47. The molecule has 0 saturated carbocycles. The Hall–Kier alpha value is -2.07. The maximum Gasteiger partial charge on any atom is 0.257 e. The molecule has 0 saturated heterocycles. The van der Waals surface area contributed by atoms with Crippen LogP contribution in [0.2, 0.25) is 5.15 Å². The second-order valence-electron chi connectivity index (χ2n) is 4.54. The first-order valence-corrected chi connectivity index (χ1v) is 7.29. The molecule has 4 nitrogen and oxygen atoms in total. The van der Waals surface area contributed by atoms with Crippen LogP contribution in [0.25, 0.3) is 0 Å². The molecule has 1 heterocycles. The molecular formula is C16H18ClN3O. The van der Waals surface area contributed by atoms with Crippen LogP contribution in [-0.4, -0.2) is 24.0 Å². The Morgan fingerprint density at radius 2 is 1.81 bits per heavy atom. The van der Waals surface area contributed by atoms with Crippen molar-refractivity contribution in [3.8, 4) is 0 Å². The van der Waals surface area contributed by atoms with E-state index in [4.69, 9.17) is 11.6 Å². The van der Waals surface area contributed by atoms with E-state index in [9.17, 15) is 4.79 Å². The van der Waals surface area contributed by atoms with Gasteiger partial charge in [-0.15, -0.1) is 0 Å². The van der Waals surface area contributed by atoms with Gasteiger partial charge < -0.3 is 10.2 Å². The van der Waals surface area contributed by atoms with Crippen LogP contribution in [0, 0.1) is 0 Å². The lowest BCUT2D eigenvalue weighted by Crippen LogP contribution is -2.21. The quantitative estimate of drug-likeness (QED) is 0.854. The van der Waals surface area contributed by atoms with Crippen LogP contribution in [0.3, 0.4) is 0 Å². The number of halogens is 1. The van der Waals surface area contributed by atoms with Crippen molar-refractivity contribution < 1.29 is 4.79 Å². The zero-order valence-corrected chi connectivity index (χ0v) is 12.9. The molecule has 21 heavy (non-hydrogen) atoms. The number of hydrogen-bond acceptors (Lipinski definition) is 3. The Morgan fingerprint density at radius 1 is 1.14 bits per heavy atom. The molecule has 0 aliphatic heterocycles. The minimum absolute atomic E-state index is 0.199. The highest BCUT2D eigenvalue weighted by Crippen LogP contribution is 2.18. The van der Waals surface area contributed by atoms with Crippen LogP contribution in [0.15, 0.2) is 42.6 Å². The van der Waals surface area contributed by atoms with Gasteiger partial charge in [-0.25, -0.2) is 4.98 Å². The first-order chi connectivity index (χ1) is 10.1. The van der Waals surface area contributed by atoms with Crippen LogP contribution in [0.1, 0.15) is 24.2 Å². The van der Waals surface area contributed by atoms with Gasteiger partial charge in [0, 0.05) is 30.7 Å². The second kappa shape index (κ2) is 7.09. The van der Waals surface area contributed by atoms with Gasteiger partial charge in [0.2, 0.25) is 0 Å². The largest absolute Gasteiger partial charge is 0.372 e. The molecule has 1 amide bonds. The van der Waals surface area contributed by atoms with Crippen molar-refractivity contribution in [2.24, 2.45) is 0 Å². The van der Waals surface area contributed by atoms with Crippen molar-refractivity contribution in [3.63, 3.8) is 0 Å². The number of carbonyl (C=O) groups is 1. The Labute approximate surface area is 129 Å². The zero-order valence-electron chi connectivity index (χ0n) is 12.1. The molecule has 0 spiro atoms. The van der Waals surface area contributed by atoms with Gasteiger partial charge in [-0.05, 0) is 50.2 Å². The maximum atomic E-state index is 12.1. The van der Waals surface area contributed by atoms with E-state index >= 15 is 0 Å². The normalized spacial score (nSPS) is 10.2. The van der Waals surface area contributed by atoms with Crippen molar-refractivity contribution in [2.75, 3.05) is 23.3 Å². The molecule has 0 fully saturated rings. The van der Waals surface area contributed by atoms with Gasteiger partial charge >= 0.3 is 0 Å². The molecule has 1 aromatic heterocycles. The summed E-state index contributed by atoms with van der Waals surface area (Å²) < 4.78 is 0. The van der Waals surface area contributed by atoms with E-state index in [0.29, 0.717) is 10.7 Å². The summed E-state index contributed by atoms with van der Waals surface area (Å²) in [4.78, 5) is 18.2. The number of rotatable bonds is 5. The molecular weight excluding hydrogens is 286 g/mol. The Morgan fingerprint density at radius 3 is 2.33 bits per heavy atom. The second-order valence-corrected chi connectivity index (χ2v) is 4.93. The number of nitrogens with zero attached hydrogens (tertiary/aromatic N) is 2. The minimum atomic E-state index is -0.199. The number of hydrogen-bond donors (Lipinski definition) is 1. The van der Waals surface area contributed by atoms with Crippen molar-refractivity contribution in [1.82, 2.24) is 4.98 Å². The smallest absolute Gasteiger partial charge is 0.257 e. The fraction of sp³-hybridized carbons (Fsp3) is 0.250. The Balaban J connectivity index is 2.06. The Bertz CT molecular complexity index is 592. The van der Waals surface area contributed by atoms with Crippen LogP contribution < -0.4 is 10.2 Å². The summed E-state index contributed by atoms with van der Waals surface area (Å²) in [6, 6.07) is 11.0. The standard InChI is InChI=1S/C16H18ClN3O/c1-3-20(4-2)14-8-6-13(7-9-14)19-16(21)12-5-10-15(17)18-11-12/h5-11H,3-4H2,1-2H3,(H,19,21). The van der Waals surface area contributed by atoms with E-state index in [1.54, 1.807) is 12.1 Å². The molecule has 110 valence electrons. The SMILES string of the molecule is CCN(CC)c1ccc(NC(=O)c2ccc(Cl)nc2)cc1. The highest BCUT2D eigenvalue weighted by Gasteiger charge is 2.07. The van der Waals surface area contributed by atoms with E-state index in [2.05, 4.69) is 29.0 Å². The topological polar surface area (TPSA) is 45.2 Å². The third-order valence-electron chi connectivity index (χ3n) is 3.24. The summed E-state index contributed by atoms with van der Waals surface area (Å²) in [6.07, 6.45) is 1.46. The van der Waals surface area contributed by atoms with Crippen molar-refractivity contribution in [1.29, 1.82) is 0 Å². The third kappa shape index (κ3) is 3.95. The predicted octanol–water partition coefficient (Wildman–Crippen LogP) is 3.83. The summed E-state index contributed by atoms with van der Waals surface area (Å²) >= 11 is 5.70. The van der Waals surface area contributed by atoms with E-state index < -0.39 is 0 Å². The molecule has 0 aliphatic carbocycles. The Kier molecular flexibility index (Phi) is 5.17. The van der Waals surface area contributed by atoms with Crippen LogP contribution in [0.5, 0.6) is 0 Å². The minimum Gasteiger partial charge on any atom is -0.372 e. The summed E-state index contributed by atoms with van der Waals surface area (Å²) in [5, 5.41) is 3.21. The van der Waals surface area contributed by atoms with Gasteiger partial charge in [-0.3, -0.25) is 4.79 Å². The molecule has 0 aliphatic rings. The van der Waals surface area contributed by atoms with E-state index in [0.717, 1.165) is 24.5 Å². The molecule has 0 unspecified atom stereocenters. The average molecular weight is 304 g/mol. The molecule has 1 N–H and O–H groups in total. The van der Waals surface area contributed by atoms with Gasteiger partial charge in [0.15, 0.2) is 0 Å². The summed E-state index contributed by atoms with van der Waals surface area (Å²) in [7, 11) is 0. The summed E-state index contributed by atoms with van der Waals surface area (Å²) in [6.45, 7) is 6.15. The van der Waals surface area contributed by atoms with Gasteiger partial charge in [0.25, 0.3) is 5.91 Å². The molecule has 0 radical (unpaired) electrons. The van der Waals surface area contributed by atoms with Crippen molar-refractivity contribution in [2.45, 2.75) is 13.8 Å². The van der Waals surface area contributed by atoms with Crippen molar-refractivity contribution >= 4 is 28.9 Å². The number of benzene rings is 1. The number of carbonyl (C=O) groups excluding carboxylic acids is 1. The van der Waals surface area contributed by atoms with Crippen molar-refractivity contribution in [3.05, 3.63) is 53.3 Å². The molecule has 0 bridgehead atoms. The lowest BCUT2D eigenvalue weighted by molar-refractivity contribution is 0.102. The average Bonchev–Trinajstić information content (AvgIpc) is 2.51. The number of pyridine rings is 1. The highest BCUT2D eigenvalue weighted by atomic mass is 35.5. The number of aromatic nitrogens is 1. The maximum absolute atomic E-state index is 12.1. The lowest BCUT2D eigenvalue weighted by Gasteiger charge is -2.21. The van der Waals surface area contributed by atoms with Crippen LogP contribution >= 0.6 is 11.6 Å². The van der Waals surface area contributed by atoms with Crippen LogP contribution in [-0.2, 0) is 0 Å². The first-order valence-electron chi connectivity index (χ1n) is 6.92. The lowest BCUT2D eigenvalue weighted by atomic mass is 10.2. The van der Waals surface area contributed by atoms with E-state index in [1.165, 1.54) is 6.20 Å². The summed E-state index contributed by atoms with van der Waals surface area (Å²) in [5.41, 5.74) is 2.38. The molecule has 2 rings (SSSR count).